The lowest BCUT2D eigenvalue weighted by Gasteiger charge is -2.30. The molecule has 0 spiro atoms. The first-order chi connectivity index (χ1) is 17.1. The van der Waals surface area contributed by atoms with E-state index in [1.165, 1.54) is 6.08 Å². The van der Waals surface area contributed by atoms with Gasteiger partial charge in [0.15, 0.2) is 0 Å². The van der Waals surface area contributed by atoms with Crippen molar-refractivity contribution in [1.82, 2.24) is 9.97 Å². The summed E-state index contributed by atoms with van der Waals surface area (Å²) < 4.78 is 5.52. The third kappa shape index (κ3) is 4.85. The number of hydrogen-bond donors (Lipinski definition) is 2. The van der Waals surface area contributed by atoms with Gasteiger partial charge in [0.05, 0.1) is 30.1 Å². The minimum atomic E-state index is -0.246. The fraction of sp³-hybridized carbons (Fsp3) is 0.179. The molecule has 0 bridgehead atoms. The molecule has 0 radical (unpaired) electrons. The molecular weight excluding hydrogens is 438 g/mol. The number of ether oxygens (including phenoxy) is 1. The van der Waals surface area contributed by atoms with Crippen LogP contribution in [0.1, 0.15) is 5.56 Å². The zero-order chi connectivity index (χ0) is 24.2. The van der Waals surface area contributed by atoms with Crippen molar-refractivity contribution in [2.24, 2.45) is 0 Å². The Balaban J connectivity index is 1.53. The van der Waals surface area contributed by atoms with Gasteiger partial charge in [0.2, 0.25) is 11.9 Å². The smallest absolute Gasteiger partial charge is 0.247 e. The van der Waals surface area contributed by atoms with Crippen LogP contribution in [-0.2, 0) is 9.53 Å². The lowest BCUT2D eigenvalue weighted by molar-refractivity contribution is -0.111. The van der Waals surface area contributed by atoms with Crippen LogP contribution in [0.15, 0.2) is 79.5 Å². The van der Waals surface area contributed by atoms with E-state index in [2.05, 4.69) is 46.2 Å². The molecule has 1 aromatic heterocycles. The van der Waals surface area contributed by atoms with E-state index >= 15 is 0 Å². The molecule has 5 rings (SSSR count). The fourth-order valence-electron chi connectivity index (χ4n) is 4.35. The third-order valence-electron chi connectivity index (χ3n) is 6.07. The van der Waals surface area contributed by atoms with E-state index in [9.17, 15) is 4.79 Å². The molecular formula is C28H27N5O2. The number of amides is 1. The molecule has 2 heterocycles. The lowest BCUT2D eigenvalue weighted by Crippen LogP contribution is -2.36. The highest BCUT2D eigenvalue weighted by molar-refractivity contribution is 6.00. The van der Waals surface area contributed by atoms with Crippen molar-refractivity contribution in [1.29, 1.82) is 0 Å². The Kier molecular flexibility index (Phi) is 6.41. The Morgan fingerprint density at radius 1 is 1.09 bits per heavy atom. The number of aromatic nitrogens is 2. The lowest BCUT2D eigenvalue weighted by atomic mass is 9.97. The highest BCUT2D eigenvalue weighted by atomic mass is 16.5. The van der Waals surface area contributed by atoms with E-state index in [0.717, 1.165) is 65.3 Å². The van der Waals surface area contributed by atoms with Crippen molar-refractivity contribution in [2.45, 2.75) is 6.92 Å². The number of anilines is 4. The van der Waals surface area contributed by atoms with Crippen LogP contribution < -0.4 is 15.5 Å². The Labute approximate surface area is 204 Å². The second-order valence-corrected chi connectivity index (χ2v) is 8.40. The number of carbonyl (C=O) groups is 1. The van der Waals surface area contributed by atoms with Gasteiger partial charge in [-0.05, 0) is 48.4 Å². The second kappa shape index (κ2) is 9.95. The fourth-order valence-corrected chi connectivity index (χ4v) is 4.35. The number of para-hydroxylation sites is 2. The summed E-state index contributed by atoms with van der Waals surface area (Å²) in [5.74, 6) is 0.283. The second-order valence-electron chi connectivity index (χ2n) is 8.40. The Bertz CT molecular complexity index is 1400. The normalized spacial score (nSPS) is 13.5. The maximum Gasteiger partial charge on any atom is 0.247 e. The van der Waals surface area contributed by atoms with Gasteiger partial charge in [-0.25, -0.2) is 9.97 Å². The molecule has 1 amide bonds. The molecule has 2 N–H and O–H groups in total. The molecule has 1 fully saturated rings. The number of aryl methyl sites for hydroxylation is 1. The molecule has 0 unspecified atom stereocenters. The van der Waals surface area contributed by atoms with Gasteiger partial charge >= 0.3 is 0 Å². The quantitative estimate of drug-likeness (QED) is 0.376. The Morgan fingerprint density at radius 2 is 1.91 bits per heavy atom. The van der Waals surface area contributed by atoms with Crippen LogP contribution in [0.3, 0.4) is 0 Å². The number of nitrogens with one attached hydrogen (secondary N) is 2. The van der Waals surface area contributed by atoms with Crippen LogP contribution >= 0.6 is 0 Å². The summed E-state index contributed by atoms with van der Waals surface area (Å²) in [6.45, 7) is 8.72. The van der Waals surface area contributed by atoms with Gasteiger partial charge in [-0.3, -0.25) is 4.79 Å². The van der Waals surface area contributed by atoms with Gasteiger partial charge in [0.1, 0.15) is 0 Å². The topological polar surface area (TPSA) is 79.4 Å². The molecule has 35 heavy (non-hydrogen) atoms. The monoisotopic (exact) mass is 465 g/mol. The van der Waals surface area contributed by atoms with Crippen LogP contribution in [0.5, 0.6) is 0 Å². The van der Waals surface area contributed by atoms with Gasteiger partial charge in [0.25, 0.3) is 0 Å². The minimum absolute atomic E-state index is 0.246. The zero-order valence-corrected chi connectivity index (χ0v) is 19.6. The van der Waals surface area contributed by atoms with Crippen LogP contribution in [0.2, 0.25) is 0 Å². The zero-order valence-electron chi connectivity index (χ0n) is 19.6. The molecule has 3 aromatic carbocycles. The maximum atomic E-state index is 11.8. The summed E-state index contributed by atoms with van der Waals surface area (Å²) in [5.41, 5.74) is 6.67. The average Bonchev–Trinajstić information content (AvgIpc) is 2.89. The van der Waals surface area contributed by atoms with E-state index in [0.29, 0.717) is 11.6 Å². The first-order valence-corrected chi connectivity index (χ1v) is 11.6. The highest BCUT2D eigenvalue weighted by Crippen LogP contribution is 2.34. The number of rotatable bonds is 6. The van der Waals surface area contributed by atoms with Gasteiger partial charge in [-0.2, -0.15) is 0 Å². The van der Waals surface area contributed by atoms with Crippen LogP contribution in [-0.4, -0.2) is 42.2 Å². The number of nitrogens with zero attached hydrogens (tertiary/aromatic N) is 3. The van der Waals surface area contributed by atoms with E-state index in [1.807, 2.05) is 54.7 Å². The van der Waals surface area contributed by atoms with Crippen LogP contribution in [0.25, 0.3) is 22.0 Å². The van der Waals surface area contributed by atoms with Crippen LogP contribution in [0, 0.1) is 6.92 Å². The average molecular weight is 466 g/mol. The van der Waals surface area contributed by atoms with E-state index in [1.54, 1.807) is 0 Å². The standard InChI is InChI=1S/C28H27N5O2/c1-3-25(34)30-22-8-6-7-20(17-22)26-19(2)11-12-21-18-29-28(32-27(21)26)31-23-9-4-5-10-24(23)33-13-15-35-16-14-33/h3-12,17-18H,1,13-16H2,2H3,(H,30,34)(H,29,31,32). The predicted molar refractivity (Wildman–Crippen MR) is 141 cm³/mol. The molecule has 0 atom stereocenters. The van der Waals surface area contributed by atoms with Gasteiger partial charge in [-0.1, -0.05) is 43.0 Å². The molecule has 1 saturated heterocycles. The van der Waals surface area contributed by atoms with Crippen molar-refractivity contribution < 1.29 is 9.53 Å². The van der Waals surface area contributed by atoms with E-state index in [4.69, 9.17) is 9.72 Å². The number of hydrogen-bond acceptors (Lipinski definition) is 6. The maximum absolute atomic E-state index is 11.8. The first kappa shape index (κ1) is 22.6. The van der Waals surface area contributed by atoms with Crippen molar-refractivity contribution in [2.75, 3.05) is 41.8 Å². The molecule has 7 nitrogen and oxygen atoms in total. The van der Waals surface area contributed by atoms with Gasteiger partial charge in [-0.15, -0.1) is 0 Å². The number of fused-ring (bicyclic) bond motifs is 1. The number of benzene rings is 3. The van der Waals surface area contributed by atoms with Gasteiger partial charge in [0, 0.05) is 35.9 Å². The molecule has 0 saturated carbocycles. The summed E-state index contributed by atoms with van der Waals surface area (Å²) >= 11 is 0. The van der Waals surface area contributed by atoms with Crippen molar-refractivity contribution >= 4 is 39.8 Å². The Morgan fingerprint density at radius 3 is 2.74 bits per heavy atom. The minimum Gasteiger partial charge on any atom is -0.378 e. The largest absolute Gasteiger partial charge is 0.378 e. The molecule has 0 aliphatic carbocycles. The summed E-state index contributed by atoms with van der Waals surface area (Å²) in [6.07, 6.45) is 3.10. The molecule has 4 aromatic rings. The number of carbonyl (C=O) groups excluding carboxylic acids is 1. The van der Waals surface area contributed by atoms with E-state index in [-0.39, 0.29) is 5.91 Å². The number of morpholine rings is 1. The Hall–Kier alpha value is -4.23. The highest BCUT2D eigenvalue weighted by Gasteiger charge is 2.16. The molecule has 176 valence electrons. The van der Waals surface area contributed by atoms with E-state index < -0.39 is 0 Å². The van der Waals surface area contributed by atoms with Crippen LogP contribution in [0.4, 0.5) is 23.0 Å². The van der Waals surface area contributed by atoms with Crippen molar-refractivity contribution in [3.63, 3.8) is 0 Å². The van der Waals surface area contributed by atoms with Gasteiger partial charge < -0.3 is 20.3 Å². The predicted octanol–water partition coefficient (Wildman–Crippen LogP) is 5.31. The SMILES string of the molecule is C=CC(=O)Nc1cccc(-c2c(C)ccc3cnc(Nc4ccccc4N4CCOCC4)nc23)c1. The molecule has 1 aliphatic heterocycles. The van der Waals surface area contributed by atoms with Crippen molar-refractivity contribution in [3.05, 3.63) is 85.1 Å². The third-order valence-corrected chi connectivity index (χ3v) is 6.07. The summed E-state index contributed by atoms with van der Waals surface area (Å²) in [5, 5.41) is 7.21. The summed E-state index contributed by atoms with van der Waals surface area (Å²) in [6, 6.07) is 20.0. The molecule has 1 aliphatic rings. The first-order valence-electron chi connectivity index (χ1n) is 11.6. The van der Waals surface area contributed by atoms with Crippen molar-refractivity contribution in [3.8, 4) is 11.1 Å². The molecule has 7 heteroatoms. The summed E-state index contributed by atoms with van der Waals surface area (Å²) in [4.78, 5) is 23.6. The summed E-state index contributed by atoms with van der Waals surface area (Å²) in [7, 11) is 0.